The van der Waals surface area contributed by atoms with Crippen LogP contribution in [0, 0.1) is 0 Å². The average Bonchev–Trinajstić information content (AvgIpc) is 2.93. The number of carboxylic acids is 1. The number of methoxy groups -OCH3 is 1. The first-order valence-electron chi connectivity index (χ1n) is 5.11. The van der Waals surface area contributed by atoms with Crippen molar-refractivity contribution >= 4 is 5.97 Å². The fourth-order valence-electron chi connectivity index (χ4n) is 1.66. The summed E-state index contributed by atoms with van der Waals surface area (Å²) in [7, 11) is 1.67. The molecule has 1 saturated carbocycles. The Morgan fingerprint density at radius 2 is 2.29 bits per heavy atom. The van der Waals surface area contributed by atoms with E-state index in [0.29, 0.717) is 18.7 Å². The molecule has 4 nitrogen and oxygen atoms in total. The van der Waals surface area contributed by atoms with E-state index in [4.69, 9.17) is 9.84 Å². The molecule has 1 N–H and O–H groups in total. The Balaban J connectivity index is 2.36. The number of hydrogen-bond acceptors (Lipinski definition) is 3. The minimum absolute atomic E-state index is 0.162. The second kappa shape index (κ2) is 5.32. The molecule has 0 radical (unpaired) electrons. The van der Waals surface area contributed by atoms with Crippen molar-refractivity contribution in [1.82, 2.24) is 4.90 Å². The van der Waals surface area contributed by atoms with Gasteiger partial charge < -0.3 is 9.84 Å². The summed E-state index contributed by atoms with van der Waals surface area (Å²) in [5, 5.41) is 8.76. The van der Waals surface area contributed by atoms with Gasteiger partial charge in [0.25, 0.3) is 0 Å². The van der Waals surface area contributed by atoms with E-state index in [0.717, 1.165) is 19.3 Å². The largest absolute Gasteiger partial charge is 0.480 e. The number of carbonyl (C=O) groups is 1. The monoisotopic (exact) mass is 201 g/mol. The topological polar surface area (TPSA) is 49.8 Å². The fourth-order valence-corrected chi connectivity index (χ4v) is 1.66. The molecule has 0 aromatic heterocycles. The van der Waals surface area contributed by atoms with Gasteiger partial charge in [-0.05, 0) is 26.2 Å². The van der Waals surface area contributed by atoms with Gasteiger partial charge in [0.1, 0.15) is 0 Å². The molecule has 14 heavy (non-hydrogen) atoms. The van der Waals surface area contributed by atoms with Crippen LogP contribution in [0.3, 0.4) is 0 Å². The number of nitrogens with zero attached hydrogens (tertiary/aromatic N) is 1. The molecular formula is C10H19NO3. The van der Waals surface area contributed by atoms with Crippen molar-refractivity contribution in [3.63, 3.8) is 0 Å². The summed E-state index contributed by atoms with van der Waals surface area (Å²) in [6, 6.07) is 0.802. The van der Waals surface area contributed by atoms with E-state index in [1.807, 2.05) is 0 Å². The van der Waals surface area contributed by atoms with Crippen LogP contribution < -0.4 is 0 Å². The zero-order valence-electron chi connectivity index (χ0n) is 8.90. The number of carboxylic acid groups (broad SMARTS) is 1. The lowest BCUT2D eigenvalue weighted by Gasteiger charge is -2.27. The van der Waals surface area contributed by atoms with Crippen molar-refractivity contribution < 1.29 is 14.6 Å². The highest BCUT2D eigenvalue weighted by Gasteiger charge is 2.33. The van der Waals surface area contributed by atoms with Crippen molar-refractivity contribution in [2.75, 3.05) is 20.3 Å². The van der Waals surface area contributed by atoms with Crippen molar-refractivity contribution in [1.29, 1.82) is 0 Å². The molecular weight excluding hydrogens is 182 g/mol. The molecule has 0 aromatic carbocycles. The summed E-state index contributed by atoms with van der Waals surface area (Å²) in [6.45, 7) is 2.93. The van der Waals surface area contributed by atoms with Crippen LogP contribution in [0.5, 0.6) is 0 Å². The van der Waals surface area contributed by atoms with Gasteiger partial charge in [-0.25, -0.2) is 0 Å². The van der Waals surface area contributed by atoms with Crippen molar-refractivity contribution in [2.45, 2.75) is 38.3 Å². The first kappa shape index (κ1) is 11.5. The Bertz CT molecular complexity index is 192. The third kappa shape index (κ3) is 3.64. The molecule has 0 amide bonds. The summed E-state index contributed by atoms with van der Waals surface area (Å²) in [5.41, 5.74) is 0. The lowest BCUT2D eigenvalue weighted by molar-refractivity contribution is -0.139. The van der Waals surface area contributed by atoms with Gasteiger partial charge in [-0.1, -0.05) is 0 Å². The van der Waals surface area contributed by atoms with E-state index in [1.54, 1.807) is 7.11 Å². The summed E-state index contributed by atoms with van der Waals surface area (Å²) >= 11 is 0. The van der Waals surface area contributed by atoms with Gasteiger partial charge in [-0.2, -0.15) is 0 Å². The number of rotatable bonds is 7. The Morgan fingerprint density at radius 3 is 2.71 bits per heavy atom. The zero-order valence-corrected chi connectivity index (χ0v) is 8.90. The Hall–Kier alpha value is -0.610. The summed E-state index contributed by atoms with van der Waals surface area (Å²) in [5.74, 6) is -0.735. The van der Waals surface area contributed by atoms with Gasteiger partial charge in [0.05, 0.1) is 6.54 Å². The molecule has 1 aliphatic carbocycles. The average molecular weight is 201 g/mol. The third-order valence-corrected chi connectivity index (χ3v) is 2.64. The molecule has 0 aromatic rings. The second-order valence-corrected chi connectivity index (χ2v) is 3.93. The van der Waals surface area contributed by atoms with Crippen LogP contribution in [-0.2, 0) is 9.53 Å². The number of ether oxygens (including phenoxy) is 1. The molecule has 0 saturated heterocycles. The predicted molar refractivity (Wildman–Crippen MR) is 53.3 cm³/mol. The van der Waals surface area contributed by atoms with Crippen LogP contribution in [0.1, 0.15) is 26.2 Å². The van der Waals surface area contributed by atoms with Crippen LogP contribution in [-0.4, -0.2) is 48.3 Å². The summed E-state index contributed by atoms with van der Waals surface area (Å²) in [6.07, 6.45) is 3.19. The van der Waals surface area contributed by atoms with Gasteiger partial charge >= 0.3 is 5.97 Å². The predicted octanol–water partition coefficient (Wildman–Crippen LogP) is 0.960. The normalized spacial score (nSPS) is 18.5. The lowest BCUT2D eigenvalue weighted by atomic mass is 10.2. The van der Waals surface area contributed by atoms with Gasteiger partial charge in [-0.3, -0.25) is 9.69 Å². The van der Waals surface area contributed by atoms with Crippen molar-refractivity contribution in [3.8, 4) is 0 Å². The molecule has 0 spiro atoms. The van der Waals surface area contributed by atoms with E-state index in [2.05, 4.69) is 11.8 Å². The van der Waals surface area contributed by atoms with Crippen molar-refractivity contribution in [3.05, 3.63) is 0 Å². The molecule has 0 heterocycles. The van der Waals surface area contributed by atoms with Crippen LogP contribution >= 0.6 is 0 Å². The molecule has 1 atom stereocenters. The molecule has 4 heteroatoms. The maximum absolute atomic E-state index is 10.6. The van der Waals surface area contributed by atoms with Gasteiger partial charge in [0, 0.05) is 25.8 Å². The zero-order chi connectivity index (χ0) is 10.6. The van der Waals surface area contributed by atoms with Crippen LogP contribution in [0.2, 0.25) is 0 Å². The molecule has 1 unspecified atom stereocenters. The third-order valence-electron chi connectivity index (χ3n) is 2.64. The van der Waals surface area contributed by atoms with Crippen LogP contribution in [0.25, 0.3) is 0 Å². The SMILES string of the molecule is COCCC(C)N(CC(=O)O)C1CC1. The van der Waals surface area contributed by atoms with Crippen LogP contribution in [0.4, 0.5) is 0 Å². The minimum Gasteiger partial charge on any atom is -0.480 e. The van der Waals surface area contributed by atoms with E-state index < -0.39 is 5.97 Å². The highest BCUT2D eigenvalue weighted by Crippen LogP contribution is 2.29. The summed E-state index contributed by atoms with van der Waals surface area (Å²) < 4.78 is 4.99. The standard InChI is InChI=1S/C10H19NO3/c1-8(5-6-14-2)11(7-10(12)13)9-3-4-9/h8-9H,3-7H2,1-2H3,(H,12,13). The maximum Gasteiger partial charge on any atom is 0.317 e. The maximum atomic E-state index is 10.6. The van der Waals surface area contributed by atoms with Gasteiger partial charge in [0.2, 0.25) is 0 Å². The highest BCUT2D eigenvalue weighted by molar-refractivity contribution is 5.69. The molecule has 1 aliphatic rings. The molecule has 0 aliphatic heterocycles. The molecule has 0 bridgehead atoms. The van der Waals surface area contributed by atoms with Crippen molar-refractivity contribution in [2.24, 2.45) is 0 Å². The van der Waals surface area contributed by atoms with E-state index in [-0.39, 0.29) is 6.54 Å². The van der Waals surface area contributed by atoms with E-state index in [9.17, 15) is 4.79 Å². The van der Waals surface area contributed by atoms with Crippen LogP contribution in [0.15, 0.2) is 0 Å². The van der Waals surface area contributed by atoms with Gasteiger partial charge in [-0.15, -0.1) is 0 Å². The Kier molecular flexibility index (Phi) is 4.35. The molecule has 82 valence electrons. The minimum atomic E-state index is -0.735. The Morgan fingerprint density at radius 1 is 1.64 bits per heavy atom. The first-order chi connectivity index (χ1) is 6.65. The fraction of sp³-hybridized carbons (Fsp3) is 0.900. The quantitative estimate of drug-likeness (QED) is 0.666. The lowest BCUT2D eigenvalue weighted by Crippen LogP contribution is -2.39. The first-order valence-corrected chi connectivity index (χ1v) is 5.11. The number of hydrogen-bond donors (Lipinski definition) is 1. The molecule has 1 fully saturated rings. The molecule has 1 rings (SSSR count). The van der Waals surface area contributed by atoms with E-state index >= 15 is 0 Å². The van der Waals surface area contributed by atoms with E-state index in [1.165, 1.54) is 0 Å². The smallest absolute Gasteiger partial charge is 0.317 e. The number of aliphatic carboxylic acids is 1. The summed E-state index contributed by atoms with van der Waals surface area (Å²) in [4.78, 5) is 12.7. The van der Waals surface area contributed by atoms with Gasteiger partial charge in [0.15, 0.2) is 0 Å². The Labute approximate surface area is 84.8 Å². The second-order valence-electron chi connectivity index (χ2n) is 3.93. The highest BCUT2D eigenvalue weighted by atomic mass is 16.5.